The van der Waals surface area contributed by atoms with Gasteiger partial charge in [0.05, 0.1) is 18.1 Å². The minimum atomic E-state index is -4.73. The second kappa shape index (κ2) is 5.96. The highest BCUT2D eigenvalue weighted by Gasteiger charge is 2.37. The number of methoxy groups -OCH3 is 1. The van der Waals surface area contributed by atoms with E-state index in [1.165, 1.54) is 6.92 Å². The third-order valence-electron chi connectivity index (χ3n) is 3.20. The maximum Gasteiger partial charge on any atom is 0.433 e. The molecule has 0 saturated carbocycles. The van der Waals surface area contributed by atoms with Gasteiger partial charge in [-0.05, 0) is 19.1 Å². The van der Waals surface area contributed by atoms with E-state index >= 15 is 0 Å². The summed E-state index contributed by atoms with van der Waals surface area (Å²) in [5.41, 5.74) is -1.23. The summed E-state index contributed by atoms with van der Waals surface area (Å²) >= 11 is 0. The Morgan fingerprint density at radius 2 is 1.96 bits per heavy atom. The van der Waals surface area contributed by atoms with Crippen LogP contribution in [0.1, 0.15) is 18.2 Å². The number of esters is 1. The number of hydrogen-bond acceptors (Lipinski definition) is 6. The summed E-state index contributed by atoms with van der Waals surface area (Å²) < 4.78 is 72.8. The van der Waals surface area contributed by atoms with Crippen LogP contribution >= 0.6 is 0 Å². The van der Waals surface area contributed by atoms with Crippen LogP contribution in [0.25, 0.3) is 5.76 Å². The van der Waals surface area contributed by atoms with Crippen LogP contribution in [0, 0.1) is 0 Å². The van der Waals surface area contributed by atoms with Gasteiger partial charge >= 0.3 is 12.1 Å². The Hall–Kier alpha value is -2.30. The lowest BCUT2D eigenvalue weighted by molar-refractivity contribution is -0.149. The Balaban J connectivity index is 2.54. The molecule has 1 unspecified atom stereocenters. The van der Waals surface area contributed by atoms with E-state index in [2.05, 4.69) is 9.72 Å². The first-order valence-electron chi connectivity index (χ1n) is 6.51. The second-order valence-electron chi connectivity index (χ2n) is 4.84. The first-order chi connectivity index (χ1) is 11.0. The summed E-state index contributed by atoms with van der Waals surface area (Å²) in [6.45, 7) is 1.31. The maximum atomic E-state index is 12.8. The molecule has 0 amide bonds. The van der Waals surface area contributed by atoms with Crippen molar-refractivity contribution in [2.45, 2.75) is 19.2 Å². The van der Waals surface area contributed by atoms with Gasteiger partial charge in [0.1, 0.15) is 11.5 Å². The van der Waals surface area contributed by atoms with Gasteiger partial charge in [0.25, 0.3) is 10.0 Å². The molecule has 1 atom stereocenters. The number of halogens is 3. The van der Waals surface area contributed by atoms with Crippen LogP contribution in [0.5, 0.6) is 0 Å². The first kappa shape index (κ1) is 18.0. The van der Waals surface area contributed by atoms with Gasteiger partial charge in [-0.3, -0.25) is 4.31 Å². The molecule has 2 rings (SSSR count). The molecule has 1 aromatic heterocycles. The Bertz CT molecular complexity index is 804. The number of rotatable bonds is 3. The minimum Gasteiger partial charge on any atom is -0.477 e. The minimum absolute atomic E-state index is 0.0103. The highest BCUT2D eigenvalue weighted by Crippen LogP contribution is 2.37. The van der Waals surface area contributed by atoms with Crippen LogP contribution in [0.3, 0.4) is 0 Å². The predicted molar refractivity (Wildman–Crippen MR) is 77.1 cm³/mol. The molecular weight excluding hydrogens is 353 g/mol. The highest BCUT2D eigenvalue weighted by molar-refractivity contribution is 7.95. The van der Waals surface area contributed by atoms with Crippen LogP contribution in [-0.2, 0) is 30.5 Å². The lowest BCUT2D eigenvalue weighted by Gasteiger charge is -2.27. The number of pyridine rings is 1. The zero-order chi connectivity index (χ0) is 18.3. The Morgan fingerprint density at radius 3 is 2.50 bits per heavy atom. The quantitative estimate of drug-likeness (QED) is 0.758. The highest BCUT2D eigenvalue weighted by atomic mass is 32.2. The van der Waals surface area contributed by atoms with Gasteiger partial charge in [-0.1, -0.05) is 0 Å². The van der Waals surface area contributed by atoms with E-state index in [0.29, 0.717) is 15.8 Å². The van der Waals surface area contributed by atoms with Gasteiger partial charge in [-0.15, -0.1) is 0 Å². The van der Waals surface area contributed by atoms with E-state index in [1.54, 1.807) is 0 Å². The molecule has 7 nitrogen and oxygen atoms in total. The van der Waals surface area contributed by atoms with Gasteiger partial charge in [0.15, 0.2) is 11.9 Å². The predicted octanol–water partition coefficient (Wildman–Crippen LogP) is 1.76. The number of aromatic nitrogens is 1. The van der Waals surface area contributed by atoms with Crippen molar-refractivity contribution in [2.75, 3.05) is 18.5 Å². The summed E-state index contributed by atoms with van der Waals surface area (Å²) in [6.07, 6.45) is -5.89. The van der Waals surface area contributed by atoms with E-state index in [9.17, 15) is 26.4 Å². The molecule has 1 aliphatic heterocycles. The number of carbonyl (C=O) groups is 1. The van der Waals surface area contributed by atoms with Gasteiger partial charge < -0.3 is 9.47 Å². The van der Waals surface area contributed by atoms with Crippen molar-refractivity contribution < 1.29 is 35.9 Å². The number of fused-ring (bicyclic) bond motifs is 1. The van der Waals surface area contributed by atoms with E-state index in [1.807, 2.05) is 0 Å². The standard InChI is InChI=1S/C13H13F3N2O5S/c1-7(12(19)22-3)23-9-6-24(20,21)18(2)11-8(9)4-5-10(17-11)13(14,15)16/h4-7H,1-3H3. The fourth-order valence-corrected chi connectivity index (χ4v) is 2.92. The molecule has 1 aromatic rings. The molecule has 0 aliphatic carbocycles. The zero-order valence-electron chi connectivity index (χ0n) is 12.8. The van der Waals surface area contributed by atoms with E-state index in [-0.39, 0.29) is 11.3 Å². The largest absolute Gasteiger partial charge is 0.477 e. The second-order valence-corrected chi connectivity index (χ2v) is 6.66. The van der Waals surface area contributed by atoms with E-state index in [0.717, 1.165) is 20.2 Å². The molecule has 0 saturated heterocycles. The van der Waals surface area contributed by atoms with Gasteiger partial charge in [-0.2, -0.15) is 13.2 Å². The van der Waals surface area contributed by atoms with E-state index < -0.39 is 39.8 Å². The number of sulfonamides is 1. The van der Waals surface area contributed by atoms with Gasteiger partial charge in [0.2, 0.25) is 0 Å². The molecule has 0 aromatic carbocycles. The van der Waals surface area contributed by atoms with Crippen LogP contribution in [0.4, 0.5) is 19.0 Å². The Labute approximate surface area is 135 Å². The molecule has 132 valence electrons. The lowest BCUT2D eigenvalue weighted by atomic mass is 10.2. The summed E-state index contributed by atoms with van der Waals surface area (Å²) in [7, 11) is -1.91. The Kier molecular flexibility index (Phi) is 4.48. The molecule has 0 fully saturated rings. The third-order valence-corrected chi connectivity index (χ3v) is 4.65. The SMILES string of the molecule is COC(=O)C(C)OC1=CS(=O)(=O)N(C)c2nc(C(F)(F)F)ccc21. The van der Waals surface area contributed by atoms with Crippen molar-refractivity contribution in [2.24, 2.45) is 0 Å². The smallest absolute Gasteiger partial charge is 0.433 e. The van der Waals surface area contributed by atoms with Crippen molar-refractivity contribution in [1.29, 1.82) is 0 Å². The molecule has 0 bridgehead atoms. The molecule has 1 aliphatic rings. The van der Waals surface area contributed by atoms with Crippen LogP contribution in [-0.4, -0.2) is 39.6 Å². The van der Waals surface area contributed by atoms with E-state index in [4.69, 9.17) is 4.74 Å². The lowest BCUT2D eigenvalue weighted by Crippen LogP contribution is -2.32. The number of hydrogen-bond donors (Lipinski definition) is 0. The van der Waals surface area contributed by atoms with Gasteiger partial charge in [0, 0.05) is 7.05 Å². The average molecular weight is 366 g/mol. The van der Waals surface area contributed by atoms with Crippen LogP contribution < -0.4 is 4.31 Å². The van der Waals surface area contributed by atoms with Crippen molar-refractivity contribution in [1.82, 2.24) is 4.98 Å². The molecule has 2 heterocycles. The normalized spacial score (nSPS) is 17.6. The van der Waals surface area contributed by atoms with Crippen LogP contribution in [0.15, 0.2) is 17.5 Å². The fourth-order valence-electron chi connectivity index (χ4n) is 1.93. The van der Waals surface area contributed by atoms with Gasteiger partial charge in [-0.25, -0.2) is 18.2 Å². The summed E-state index contributed by atoms with van der Waals surface area (Å²) in [6, 6.07) is 1.73. The molecular formula is C13H13F3N2O5S. The molecule has 0 radical (unpaired) electrons. The number of ether oxygens (including phenoxy) is 2. The molecule has 11 heteroatoms. The maximum absolute atomic E-state index is 12.8. The topological polar surface area (TPSA) is 85.8 Å². The summed E-state index contributed by atoms with van der Waals surface area (Å²) in [4.78, 5) is 14.8. The van der Waals surface area contributed by atoms with Crippen molar-refractivity contribution >= 4 is 27.6 Å². The Morgan fingerprint density at radius 1 is 1.33 bits per heavy atom. The van der Waals surface area contributed by atoms with Crippen molar-refractivity contribution in [3.8, 4) is 0 Å². The summed E-state index contributed by atoms with van der Waals surface area (Å²) in [5, 5.41) is 0.712. The zero-order valence-corrected chi connectivity index (χ0v) is 13.6. The number of alkyl halides is 3. The number of nitrogens with zero attached hydrogens (tertiary/aromatic N) is 2. The monoisotopic (exact) mass is 366 g/mol. The average Bonchev–Trinajstić information content (AvgIpc) is 2.49. The number of anilines is 1. The third kappa shape index (κ3) is 3.30. The summed E-state index contributed by atoms with van der Waals surface area (Å²) in [5.74, 6) is -1.50. The first-order valence-corrected chi connectivity index (χ1v) is 8.01. The molecule has 0 N–H and O–H groups in total. The fraction of sp³-hybridized carbons (Fsp3) is 0.385. The molecule has 24 heavy (non-hydrogen) atoms. The number of carbonyl (C=O) groups excluding carboxylic acids is 1. The van der Waals surface area contributed by atoms with Crippen molar-refractivity contribution in [3.63, 3.8) is 0 Å². The van der Waals surface area contributed by atoms with Crippen LogP contribution in [0.2, 0.25) is 0 Å². The molecule has 0 spiro atoms. The van der Waals surface area contributed by atoms with Crippen molar-refractivity contribution in [3.05, 3.63) is 28.8 Å².